The predicted octanol–water partition coefficient (Wildman–Crippen LogP) is 4.99. The summed E-state index contributed by atoms with van der Waals surface area (Å²) in [4.78, 5) is 12.9. The molecule has 6 nitrogen and oxygen atoms in total. The van der Waals surface area contributed by atoms with Crippen molar-refractivity contribution in [2.45, 2.75) is 51.7 Å². The second-order valence-corrected chi connectivity index (χ2v) is 8.44. The first-order valence-electron chi connectivity index (χ1n) is 11.0. The molecule has 2 heterocycles. The highest BCUT2D eigenvalue weighted by Gasteiger charge is 2.27. The van der Waals surface area contributed by atoms with Crippen molar-refractivity contribution in [2.75, 3.05) is 0 Å². The van der Waals surface area contributed by atoms with Crippen LogP contribution in [0.15, 0.2) is 30.5 Å². The summed E-state index contributed by atoms with van der Waals surface area (Å²) >= 11 is 0. The standard InChI is InChI=1S/C25H23F2N3O3/c1-3-17-20(26)7-4-13-8-15(32)10-18(21(13)17)23-22(27)24-19(11-28-23)25(30-12(2)29-24)33-16-6-5-14(31)9-16/h4,7-8,10-11,14,16,31-32H,3,5-6,9H2,1-2H3. The number of halogens is 2. The van der Waals surface area contributed by atoms with Gasteiger partial charge in [-0.1, -0.05) is 13.0 Å². The molecule has 0 aliphatic heterocycles. The molecule has 2 aromatic heterocycles. The lowest BCUT2D eigenvalue weighted by molar-refractivity contribution is 0.148. The Morgan fingerprint density at radius 3 is 2.70 bits per heavy atom. The molecular weight excluding hydrogens is 428 g/mol. The summed E-state index contributed by atoms with van der Waals surface area (Å²) in [6, 6.07) is 5.81. The lowest BCUT2D eigenvalue weighted by Crippen LogP contribution is -2.15. The number of hydrogen-bond acceptors (Lipinski definition) is 6. The first-order chi connectivity index (χ1) is 15.9. The number of aliphatic hydroxyl groups excluding tert-OH is 1. The molecule has 170 valence electrons. The molecular formula is C25H23F2N3O3. The van der Waals surface area contributed by atoms with E-state index in [1.54, 1.807) is 13.0 Å². The van der Waals surface area contributed by atoms with E-state index in [0.717, 1.165) is 0 Å². The fourth-order valence-corrected chi connectivity index (χ4v) is 4.63. The summed E-state index contributed by atoms with van der Waals surface area (Å²) < 4.78 is 36.4. The van der Waals surface area contributed by atoms with Crippen LogP contribution in [0.25, 0.3) is 32.9 Å². The van der Waals surface area contributed by atoms with E-state index in [-0.39, 0.29) is 28.9 Å². The van der Waals surface area contributed by atoms with Crippen molar-refractivity contribution in [1.29, 1.82) is 0 Å². The molecule has 5 rings (SSSR count). The van der Waals surface area contributed by atoms with Crippen molar-refractivity contribution in [3.63, 3.8) is 0 Å². The molecule has 8 heteroatoms. The van der Waals surface area contributed by atoms with E-state index < -0.39 is 17.7 Å². The molecule has 33 heavy (non-hydrogen) atoms. The molecule has 2 N–H and O–H groups in total. The first-order valence-corrected chi connectivity index (χ1v) is 11.0. The van der Waals surface area contributed by atoms with Crippen LogP contribution < -0.4 is 4.74 Å². The van der Waals surface area contributed by atoms with Crippen molar-refractivity contribution >= 4 is 21.7 Å². The minimum Gasteiger partial charge on any atom is -0.508 e. The lowest BCUT2D eigenvalue weighted by Gasteiger charge is -2.16. The van der Waals surface area contributed by atoms with E-state index in [4.69, 9.17) is 4.74 Å². The minimum atomic E-state index is -0.701. The Kier molecular flexibility index (Phi) is 5.32. The molecule has 0 spiro atoms. The average Bonchev–Trinajstić information content (AvgIpc) is 3.18. The number of aromatic hydroxyl groups is 1. The molecule has 0 amide bonds. The molecule has 0 bridgehead atoms. The Morgan fingerprint density at radius 1 is 1.15 bits per heavy atom. The summed E-state index contributed by atoms with van der Waals surface area (Å²) in [7, 11) is 0. The smallest absolute Gasteiger partial charge is 0.226 e. The minimum absolute atomic E-state index is 0.0342. The van der Waals surface area contributed by atoms with Gasteiger partial charge in [0.15, 0.2) is 5.82 Å². The van der Waals surface area contributed by atoms with Crippen LogP contribution in [0.5, 0.6) is 11.6 Å². The number of pyridine rings is 1. The molecule has 0 radical (unpaired) electrons. The molecule has 1 aliphatic rings. The number of phenolic OH excluding ortho intramolecular Hbond substituents is 1. The van der Waals surface area contributed by atoms with Gasteiger partial charge >= 0.3 is 0 Å². The number of fused-ring (bicyclic) bond motifs is 2. The Morgan fingerprint density at radius 2 is 1.97 bits per heavy atom. The topological polar surface area (TPSA) is 88.4 Å². The van der Waals surface area contributed by atoms with Gasteiger partial charge in [-0.15, -0.1) is 0 Å². The first kappa shape index (κ1) is 21.5. The molecule has 2 atom stereocenters. The third-order valence-electron chi connectivity index (χ3n) is 6.16. The number of benzene rings is 2. The van der Waals surface area contributed by atoms with Crippen molar-refractivity contribution in [3.05, 3.63) is 53.5 Å². The SMILES string of the molecule is CCc1c(F)ccc2cc(O)cc(-c3ncc4c(OC5CCC(O)C5)nc(C)nc4c3F)c12. The normalized spacial score (nSPS) is 18.3. The second-order valence-electron chi connectivity index (χ2n) is 8.44. The van der Waals surface area contributed by atoms with E-state index in [2.05, 4.69) is 15.0 Å². The van der Waals surface area contributed by atoms with Crippen LogP contribution >= 0.6 is 0 Å². The molecule has 2 aromatic carbocycles. The summed E-state index contributed by atoms with van der Waals surface area (Å²) in [6.07, 6.45) is 3.00. The van der Waals surface area contributed by atoms with Crippen molar-refractivity contribution in [1.82, 2.24) is 15.0 Å². The lowest BCUT2D eigenvalue weighted by atomic mass is 9.94. The van der Waals surface area contributed by atoms with Gasteiger partial charge in [0, 0.05) is 18.2 Å². The summed E-state index contributed by atoms with van der Waals surface area (Å²) in [5, 5.41) is 21.5. The van der Waals surface area contributed by atoms with Crippen LogP contribution in [0.3, 0.4) is 0 Å². The summed E-state index contributed by atoms with van der Waals surface area (Å²) in [6.45, 7) is 3.46. The molecule has 1 aliphatic carbocycles. The maximum Gasteiger partial charge on any atom is 0.226 e. The number of aryl methyl sites for hydroxylation is 2. The zero-order chi connectivity index (χ0) is 23.3. The molecule has 4 aromatic rings. The molecule has 1 saturated carbocycles. The highest BCUT2D eigenvalue weighted by Crippen LogP contribution is 2.38. The van der Waals surface area contributed by atoms with Crippen LogP contribution in [0.4, 0.5) is 8.78 Å². The summed E-state index contributed by atoms with van der Waals surface area (Å²) in [5.41, 5.74) is 0.709. The van der Waals surface area contributed by atoms with Crippen LogP contribution in [0.2, 0.25) is 0 Å². The summed E-state index contributed by atoms with van der Waals surface area (Å²) in [5.74, 6) is -0.628. The number of phenols is 1. The largest absolute Gasteiger partial charge is 0.508 e. The third-order valence-corrected chi connectivity index (χ3v) is 6.16. The van der Waals surface area contributed by atoms with Crippen molar-refractivity contribution in [2.24, 2.45) is 0 Å². The van der Waals surface area contributed by atoms with Crippen molar-refractivity contribution < 1.29 is 23.7 Å². The van der Waals surface area contributed by atoms with Crippen molar-refractivity contribution in [3.8, 4) is 22.9 Å². The number of nitrogens with zero attached hydrogens (tertiary/aromatic N) is 3. The highest BCUT2D eigenvalue weighted by atomic mass is 19.1. The van der Waals surface area contributed by atoms with E-state index >= 15 is 4.39 Å². The second kappa shape index (κ2) is 8.19. The zero-order valence-electron chi connectivity index (χ0n) is 18.3. The van der Waals surface area contributed by atoms with Gasteiger partial charge in [0.2, 0.25) is 5.88 Å². The van der Waals surface area contributed by atoms with E-state index in [0.29, 0.717) is 58.8 Å². The fraction of sp³-hybridized carbons (Fsp3) is 0.320. The molecule has 1 fully saturated rings. The average molecular weight is 451 g/mol. The Balaban J connectivity index is 1.72. The van der Waals surface area contributed by atoms with Gasteiger partial charge in [0.1, 0.15) is 34.7 Å². The van der Waals surface area contributed by atoms with Gasteiger partial charge in [0.25, 0.3) is 0 Å². The highest BCUT2D eigenvalue weighted by molar-refractivity contribution is 6.01. The number of ether oxygens (including phenoxy) is 1. The van der Waals surface area contributed by atoms with Gasteiger partial charge in [-0.05, 0) is 60.7 Å². The van der Waals surface area contributed by atoms with Crippen LogP contribution in [-0.4, -0.2) is 37.4 Å². The van der Waals surface area contributed by atoms with E-state index in [9.17, 15) is 14.6 Å². The van der Waals surface area contributed by atoms with E-state index in [1.165, 1.54) is 24.4 Å². The Hall–Kier alpha value is -3.39. The number of aliphatic hydroxyl groups is 1. The number of aromatic nitrogens is 3. The van der Waals surface area contributed by atoms with Gasteiger partial charge in [-0.3, -0.25) is 4.98 Å². The third kappa shape index (κ3) is 3.74. The van der Waals surface area contributed by atoms with E-state index in [1.807, 2.05) is 6.92 Å². The Labute approximate surface area is 188 Å². The van der Waals surface area contributed by atoms with Crippen LogP contribution in [0, 0.1) is 18.6 Å². The zero-order valence-corrected chi connectivity index (χ0v) is 18.3. The van der Waals surface area contributed by atoms with Crippen LogP contribution in [-0.2, 0) is 6.42 Å². The fourth-order valence-electron chi connectivity index (χ4n) is 4.63. The Bertz CT molecular complexity index is 1390. The van der Waals surface area contributed by atoms with Gasteiger partial charge in [-0.25, -0.2) is 13.8 Å². The number of rotatable bonds is 4. The van der Waals surface area contributed by atoms with Crippen LogP contribution in [0.1, 0.15) is 37.6 Å². The maximum atomic E-state index is 15.9. The molecule has 2 unspecified atom stereocenters. The molecule has 0 saturated heterocycles. The quantitative estimate of drug-likeness (QED) is 0.454. The maximum absolute atomic E-state index is 15.9. The van der Waals surface area contributed by atoms with Gasteiger partial charge < -0.3 is 14.9 Å². The predicted molar refractivity (Wildman–Crippen MR) is 120 cm³/mol. The monoisotopic (exact) mass is 451 g/mol. The van der Waals surface area contributed by atoms with Gasteiger partial charge in [0.05, 0.1) is 11.5 Å². The number of hydrogen-bond donors (Lipinski definition) is 2. The van der Waals surface area contributed by atoms with Gasteiger partial charge in [-0.2, -0.15) is 4.98 Å².